The third kappa shape index (κ3) is 1.99. The molecular weight excluding hydrogens is 150 g/mol. The Bertz CT molecular complexity index is 135. The van der Waals surface area contributed by atoms with E-state index in [-0.39, 0.29) is 6.10 Å². The van der Waals surface area contributed by atoms with Gasteiger partial charge in [0.15, 0.2) is 0 Å². The second kappa shape index (κ2) is 3.75. The summed E-state index contributed by atoms with van der Waals surface area (Å²) >= 11 is 0. The summed E-state index contributed by atoms with van der Waals surface area (Å²) in [5.41, 5.74) is 0. The van der Waals surface area contributed by atoms with Gasteiger partial charge < -0.3 is 10.0 Å². The lowest BCUT2D eigenvalue weighted by atomic mass is 9.86. The average Bonchev–Trinajstić information content (AvgIpc) is 1.82. The maximum absolute atomic E-state index is 9.84. The summed E-state index contributed by atoms with van der Waals surface area (Å²) in [5.74, 6) is 1.19. The summed E-state index contributed by atoms with van der Waals surface area (Å²) in [6, 6.07) is 0.362. The maximum atomic E-state index is 9.84. The van der Waals surface area contributed by atoms with E-state index in [1.807, 2.05) is 0 Å². The number of piperidine rings is 1. The Balaban J connectivity index is 2.60. The molecule has 1 aliphatic rings. The fraction of sp³-hybridized carbons (Fsp3) is 1.00. The van der Waals surface area contributed by atoms with Gasteiger partial charge in [-0.25, -0.2) is 0 Å². The molecule has 3 unspecified atom stereocenters. The van der Waals surface area contributed by atoms with Crippen LogP contribution in [-0.4, -0.2) is 35.7 Å². The number of likely N-dealkylation sites (tertiary alicyclic amines) is 1. The molecule has 1 saturated heterocycles. The Labute approximate surface area is 75.6 Å². The summed E-state index contributed by atoms with van der Waals surface area (Å²) in [7, 11) is 2.11. The summed E-state index contributed by atoms with van der Waals surface area (Å²) in [4.78, 5) is 2.30. The molecule has 0 spiro atoms. The maximum Gasteiger partial charge on any atom is 0.0700 e. The van der Waals surface area contributed by atoms with E-state index in [0.29, 0.717) is 17.9 Å². The molecule has 0 amide bonds. The lowest BCUT2D eigenvalue weighted by Crippen LogP contribution is -2.51. The van der Waals surface area contributed by atoms with Crippen molar-refractivity contribution in [2.45, 2.75) is 39.3 Å². The van der Waals surface area contributed by atoms with Crippen molar-refractivity contribution in [3.05, 3.63) is 0 Å². The van der Waals surface area contributed by atoms with Crippen LogP contribution in [0.25, 0.3) is 0 Å². The van der Waals surface area contributed by atoms with Gasteiger partial charge in [-0.15, -0.1) is 0 Å². The summed E-state index contributed by atoms with van der Waals surface area (Å²) in [6.45, 7) is 7.69. The van der Waals surface area contributed by atoms with E-state index < -0.39 is 0 Å². The molecule has 2 heteroatoms. The minimum absolute atomic E-state index is 0.126. The van der Waals surface area contributed by atoms with Gasteiger partial charge in [-0.2, -0.15) is 0 Å². The van der Waals surface area contributed by atoms with E-state index in [1.54, 1.807) is 0 Å². The van der Waals surface area contributed by atoms with E-state index in [1.165, 1.54) is 0 Å². The molecule has 1 rings (SSSR count). The van der Waals surface area contributed by atoms with Gasteiger partial charge in [0.25, 0.3) is 0 Å². The zero-order chi connectivity index (χ0) is 9.30. The first-order valence-corrected chi connectivity index (χ1v) is 4.90. The van der Waals surface area contributed by atoms with Gasteiger partial charge in [0, 0.05) is 12.6 Å². The van der Waals surface area contributed by atoms with Crippen molar-refractivity contribution in [2.24, 2.45) is 11.8 Å². The first-order valence-electron chi connectivity index (χ1n) is 4.90. The van der Waals surface area contributed by atoms with Gasteiger partial charge in [-0.1, -0.05) is 20.8 Å². The zero-order valence-corrected chi connectivity index (χ0v) is 8.62. The molecule has 0 bridgehead atoms. The number of hydrogen-bond donors (Lipinski definition) is 1. The lowest BCUT2D eigenvalue weighted by Gasteiger charge is -2.41. The van der Waals surface area contributed by atoms with Gasteiger partial charge in [0.2, 0.25) is 0 Å². The van der Waals surface area contributed by atoms with E-state index in [4.69, 9.17) is 0 Å². The van der Waals surface area contributed by atoms with Crippen LogP contribution in [0.15, 0.2) is 0 Å². The molecule has 3 atom stereocenters. The van der Waals surface area contributed by atoms with Crippen molar-refractivity contribution < 1.29 is 5.11 Å². The summed E-state index contributed by atoms with van der Waals surface area (Å²) < 4.78 is 0. The van der Waals surface area contributed by atoms with Crippen molar-refractivity contribution in [3.63, 3.8) is 0 Å². The molecular formula is C10H21NO. The van der Waals surface area contributed by atoms with Crippen LogP contribution in [0.4, 0.5) is 0 Å². The lowest BCUT2D eigenvalue weighted by molar-refractivity contribution is -0.0179. The van der Waals surface area contributed by atoms with E-state index in [2.05, 4.69) is 32.7 Å². The van der Waals surface area contributed by atoms with Crippen LogP contribution in [-0.2, 0) is 0 Å². The molecule has 1 N–H and O–H groups in total. The Morgan fingerprint density at radius 1 is 1.42 bits per heavy atom. The van der Waals surface area contributed by atoms with Crippen molar-refractivity contribution in [1.82, 2.24) is 4.90 Å². The Morgan fingerprint density at radius 3 is 2.42 bits per heavy atom. The topological polar surface area (TPSA) is 23.5 Å². The van der Waals surface area contributed by atoms with E-state index in [9.17, 15) is 5.11 Å². The minimum Gasteiger partial charge on any atom is -0.391 e. The smallest absolute Gasteiger partial charge is 0.0700 e. The largest absolute Gasteiger partial charge is 0.391 e. The molecule has 12 heavy (non-hydrogen) atoms. The van der Waals surface area contributed by atoms with Crippen LogP contribution >= 0.6 is 0 Å². The van der Waals surface area contributed by atoms with Gasteiger partial charge in [0.1, 0.15) is 0 Å². The van der Waals surface area contributed by atoms with Crippen molar-refractivity contribution in [3.8, 4) is 0 Å². The molecule has 0 aromatic carbocycles. The van der Waals surface area contributed by atoms with Crippen molar-refractivity contribution in [2.75, 3.05) is 13.6 Å². The van der Waals surface area contributed by atoms with Crippen LogP contribution in [0.2, 0.25) is 0 Å². The standard InChI is InChI=1S/C10H21NO/c1-7(2)10-9(12)5-8(3)6-11(10)4/h7-10,12H,5-6H2,1-4H3. The number of rotatable bonds is 1. The molecule has 72 valence electrons. The fourth-order valence-corrected chi connectivity index (χ4v) is 2.49. The van der Waals surface area contributed by atoms with Crippen LogP contribution in [0.1, 0.15) is 27.2 Å². The number of likely N-dealkylation sites (N-methyl/N-ethyl adjacent to an activating group) is 1. The fourth-order valence-electron chi connectivity index (χ4n) is 2.49. The second-order valence-corrected chi connectivity index (χ2v) is 4.58. The molecule has 0 aromatic rings. The second-order valence-electron chi connectivity index (χ2n) is 4.58. The van der Waals surface area contributed by atoms with Crippen molar-refractivity contribution in [1.29, 1.82) is 0 Å². The molecule has 0 aromatic heterocycles. The number of aliphatic hydroxyl groups is 1. The van der Waals surface area contributed by atoms with Crippen LogP contribution in [0.5, 0.6) is 0 Å². The normalized spacial score (nSPS) is 39.0. The van der Waals surface area contributed by atoms with Gasteiger partial charge >= 0.3 is 0 Å². The van der Waals surface area contributed by atoms with E-state index in [0.717, 1.165) is 13.0 Å². The monoisotopic (exact) mass is 171 g/mol. The van der Waals surface area contributed by atoms with E-state index >= 15 is 0 Å². The average molecular weight is 171 g/mol. The predicted molar refractivity (Wildman–Crippen MR) is 51.0 cm³/mol. The quantitative estimate of drug-likeness (QED) is 0.643. The van der Waals surface area contributed by atoms with Crippen LogP contribution < -0.4 is 0 Å². The molecule has 0 saturated carbocycles. The van der Waals surface area contributed by atoms with Crippen molar-refractivity contribution >= 4 is 0 Å². The predicted octanol–water partition coefficient (Wildman–Crippen LogP) is 1.34. The highest BCUT2D eigenvalue weighted by Gasteiger charge is 2.32. The van der Waals surface area contributed by atoms with Crippen LogP contribution in [0.3, 0.4) is 0 Å². The first kappa shape index (κ1) is 10.0. The Hall–Kier alpha value is -0.0800. The van der Waals surface area contributed by atoms with Gasteiger partial charge in [-0.3, -0.25) is 0 Å². The third-order valence-corrected chi connectivity index (χ3v) is 2.83. The molecule has 2 nitrogen and oxygen atoms in total. The Kier molecular flexibility index (Phi) is 3.13. The highest BCUT2D eigenvalue weighted by Crippen LogP contribution is 2.25. The highest BCUT2D eigenvalue weighted by molar-refractivity contribution is 4.86. The first-order chi connectivity index (χ1) is 5.52. The molecule has 1 heterocycles. The number of aliphatic hydroxyl groups excluding tert-OH is 1. The summed E-state index contributed by atoms with van der Waals surface area (Å²) in [5, 5.41) is 9.84. The minimum atomic E-state index is -0.126. The summed E-state index contributed by atoms with van der Waals surface area (Å²) in [6.07, 6.45) is 0.839. The SMILES string of the molecule is CC1CC(O)C(C(C)C)N(C)C1. The Morgan fingerprint density at radius 2 is 2.00 bits per heavy atom. The number of nitrogens with zero attached hydrogens (tertiary/aromatic N) is 1. The van der Waals surface area contributed by atoms with Gasteiger partial charge in [0.05, 0.1) is 6.10 Å². The third-order valence-electron chi connectivity index (χ3n) is 2.83. The molecule has 1 fully saturated rings. The number of hydrogen-bond acceptors (Lipinski definition) is 2. The molecule has 0 radical (unpaired) electrons. The highest BCUT2D eigenvalue weighted by atomic mass is 16.3. The molecule has 1 aliphatic heterocycles. The zero-order valence-electron chi connectivity index (χ0n) is 8.62. The van der Waals surface area contributed by atoms with Crippen LogP contribution in [0, 0.1) is 11.8 Å². The van der Waals surface area contributed by atoms with Gasteiger partial charge in [-0.05, 0) is 25.3 Å². The molecule has 0 aliphatic carbocycles.